The number of pyridine rings is 1. The van der Waals surface area contributed by atoms with Gasteiger partial charge >= 0.3 is 0 Å². The summed E-state index contributed by atoms with van der Waals surface area (Å²) in [6.07, 6.45) is 0. The Morgan fingerprint density at radius 2 is 1.72 bits per heavy atom. The van der Waals surface area contributed by atoms with Gasteiger partial charge in [-0.25, -0.2) is 0 Å². The lowest BCUT2D eigenvalue weighted by Gasteiger charge is -2.20. The van der Waals surface area contributed by atoms with Crippen LogP contribution in [0.15, 0.2) is 71.5 Å². The van der Waals surface area contributed by atoms with Crippen LogP contribution in [-0.4, -0.2) is 22.3 Å². The van der Waals surface area contributed by atoms with E-state index in [1.165, 1.54) is 5.56 Å². The Morgan fingerprint density at radius 3 is 2.41 bits per heavy atom. The minimum atomic E-state index is -0.422. The second-order valence-electron chi connectivity index (χ2n) is 6.79. The van der Waals surface area contributed by atoms with Crippen molar-refractivity contribution in [3.05, 3.63) is 104 Å². The van der Waals surface area contributed by atoms with Crippen molar-refractivity contribution in [1.82, 2.24) is 15.2 Å². The molecule has 1 aromatic heterocycles. The fraction of sp³-hybridized carbons (Fsp3) is 0.217. The Labute approximate surface area is 175 Å². The van der Waals surface area contributed by atoms with Gasteiger partial charge in [-0.2, -0.15) is 0 Å². The number of aromatic nitrogens is 1. The quantitative estimate of drug-likeness (QED) is 0.591. The molecule has 1 amide bonds. The highest BCUT2D eigenvalue weighted by molar-refractivity contribution is 6.31. The average molecular weight is 410 g/mol. The monoisotopic (exact) mass is 409 g/mol. The molecule has 0 spiro atoms. The first-order chi connectivity index (χ1) is 14.1. The molecule has 0 aliphatic rings. The molecule has 2 aromatic carbocycles. The van der Waals surface area contributed by atoms with Crippen molar-refractivity contribution in [1.29, 1.82) is 0 Å². The molecule has 3 rings (SSSR count). The van der Waals surface area contributed by atoms with E-state index >= 15 is 0 Å². The molecular weight excluding hydrogens is 386 g/mol. The number of rotatable bonds is 8. The van der Waals surface area contributed by atoms with Gasteiger partial charge in [-0.15, -0.1) is 0 Å². The second kappa shape index (κ2) is 10.0. The van der Waals surface area contributed by atoms with E-state index in [1.807, 2.05) is 36.4 Å². The van der Waals surface area contributed by atoms with Gasteiger partial charge in [0.25, 0.3) is 11.5 Å². The summed E-state index contributed by atoms with van der Waals surface area (Å²) >= 11 is 6.10. The minimum Gasteiger partial charge on any atom is -0.348 e. The first-order valence-electron chi connectivity index (χ1n) is 9.57. The Bertz CT molecular complexity index is 1020. The van der Waals surface area contributed by atoms with E-state index in [-0.39, 0.29) is 12.1 Å². The van der Waals surface area contributed by atoms with Crippen LogP contribution in [0, 0.1) is 0 Å². The highest BCUT2D eigenvalue weighted by Crippen LogP contribution is 2.14. The number of nitrogens with one attached hydrogen (secondary N) is 2. The van der Waals surface area contributed by atoms with Gasteiger partial charge in [0, 0.05) is 30.4 Å². The molecule has 0 bridgehead atoms. The molecule has 0 saturated heterocycles. The van der Waals surface area contributed by atoms with Crippen molar-refractivity contribution >= 4 is 17.5 Å². The molecule has 0 fully saturated rings. The predicted octanol–water partition coefficient (Wildman–Crippen LogP) is 3.98. The number of hydrogen-bond acceptors (Lipinski definition) is 3. The Kier molecular flexibility index (Phi) is 7.22. The van der Waals surface area contributed by atoms with Crippen molar-refractivity contribution in [2.45, 2.75) is 26.6 Å². The molecule has 5 nitrogen and oxygen atoms in total. The van der Waals surface area contributed by atoms with Crippen molar-refractivity contribution in [3.63, 3.8) is 0 Å². The summed E-state index contributed by atoms with van der Waals surface area (Å²) in [4.78, 5) is 29.9. The van der Waals surface area contributed by atoms with Crippen LogP contribution in [0.1, 0.15) is 34.1 Å². The molecule has 6 heteroatoms. The largest absolute Gasteiger partial charge is 0.348 e. The van der Waals surface area contributed by atoms with E-state index in [9.17, 15) is 9.59 Å². The highest BCUT2D eigenvalue weighted by atomic mass is 35.5. The van der Waals surface area contributed by atoms with E-state index in [0.29, 0.717) is 11.6 Å². The van der Waals surface area contributed by atoms with Gasteiger partial charge in [0.1, 0.15) is 5.56 Å². The second-order valence-corrected chi connectivity index (χ2v) is 7.20. The zero-order valence-corrected chi connectivity index (χ0v) is 17.1. The number of halogens is 1. The maximum absolute atomic E-state index is 12.4. The Balaban J connectivity index is 1.63. The van der Waals surface area contributed by atoms with Crippen molar-refractivity contribution in [3.8, 4) is 0 Å². The van der Waals surface area contributed by atoms with Crippen LogP contribution in [0.3, 0.4) is 0 Å². The van der Waals surface area contributed by atoms with Crippen LogP contribution >= 0.6 is 11.6 Å². The maximum Gasteiger partial charge on any atom is 0.261 e. The van der Waals surface area contributed by atoms with E-state index in [2.05, 4.69) is 34.3 Å². The summed E-state index contributed by atoms with van der Waals surface area (Å²) in [6, 6.07) is 20.8. The smallest absolute Gasteiger partial charge is 0.261 e. The maximum atomic E-state index is 12.4. The van der Waals surface area contributed by atoms with Gasteiger partial charge in [0.05, 0.1) is 0 Å². The van der Waals surface area contributed by atoms with Gasteiger partial charge in [-0.1, -0.05) is 67.1 Å². The molecule has 0 unspecified atom stereocenters. The third kappa shape index (κ3) is 5.79. The van der Waals surface area contributed by atoms with Crippen LogP contribution < -0.4 is 10.9 Å². The molecule has 0 aliphatic carbocycles. The lowest BCUT2D eigenvalue weighted by molar-refractivity contribution is 0.0949. The van der Waals surface area contributed by atoms with E-state index in [1.54, 1.807) is 18.2 Å². The standard InChI is InChI=1S/C23H24ClN3O2/c1-2-27(15-17-8-4-3-5-9-17)16-19-12-13-20(23(29)26-19)22(28)25-14-18-10-6-7-11-21(18)24/h3-13H,2,14-16H2,1H3,(H,25,28)(H,26,29). The van der Waals surface area contributed by atoms with Gasteiger partial charge in [0.2, 0.25) is 0 Å². The first kappa shape index (κ1) is 20.8. The summed E-state index contributed by atoms with van der Waals surface area (Å²) in [5, 5.41) is 3.33. The van der Waals surface area contributed by atoms with Crippen molar-refractivity contribution in [2.24, 2.45) is 0 Å². The highest BCUT2D eigenvalue weighted by Gasteiger charge is 2.13. The fourth-order valence-corrected chi connectivity index (χ4v) is 3.26. The number of nitrogens with zero attached hydrogens (tertiary/aromatic N) is 1. The van der Waals surface area contributed by atoms with Gasteiger partial charge in [0.15, 0.2) is 0 Å². The van der Waals surface area contributed by atoms with Crippen LogP contribution in [0.25, 0.3) is 0 Å². The van der Waals surface area contributed by atoms with Crippen LogP contribution in [-0.2, 0) is 19.6 Å². The number of H-pyrrole nitrogens is 1. The first-order valence-corrected chi connectivity index (χ1v) is 9.94. The molecule has 2 N–H and O–H groups in total. The molecule has 0 saturated carbocycles. The minimum absolute atomic E-state index is 0.0897. The Hall–Kier alpha value is -2.89. The number of hydrogen-bond donors (Lipinski definition) is 2. The summed E-state index contributed by atoms with van der Waals surface area (Å²) in [6.45, 7) is 4.58. The third-order valence-corrected chi connectivity index (χ3v) is 5.07. The van der Waals surface area contributed by atoms with Gasteiger partial charge in [-0.05, 0) is 35.9 Å². The molecule has 0 radical (unpaired) electrons. The fourth-order valence-electron chi connectivity index (χ4n) is 3.06. The lowest BCUT2D eigenvalue weighted by Crippen LogP contribution is -2.30. The number of aromatic amines is 1. The lowest BCUT2D eigenvalue weighted by atomic mass is 10.2. The van der Waals surface area contributed by atoms with Crippen molar-refractivity contribution in [2.75, 3.05) is 6.54 Å². The van der Waals surface area contributed by atoms with E-state index in [0.717, 1.165) is 24.3 Å². The molecule has 1 heterocycles. The summed E-state index contributed by atoms with van der Waals surface area (Å²) in [5.41, 5.74) is 2.49. The van der Waals surface area contributed by atoms with Crippen LogP contribution in [0.2, 0.25) is 5.02 Å². The molecular formula is C23H24ClN3O2. The van der Waals surface area contributed by atoms with Gasteiger partial charge in [-0.3, -0.25) is 14.5 Å². The molecule has 3 aromatic rings. The molecule has 0 aliphatic heterocycles. The van der Waals surface area contributed by atoms with Crippen molar-refractivity contribution < 1.29 is 4.79 Å². The van der Waals surface area contributed by atoms with Gasteiger partial charge < -0.3 is 10.3 Å². The number of amides is 1. The molecule has 29 heavy (non-hydrogen) atoms. The SMILES string of the molecule is CCN(Cc1ccccc1)Cc1ccc(C(=O)NCc2ccccc2Cl)c(=O)[nH]1. The average Bonchev–Trinajstić information content (AvgIpc) is 2.73. The topological polar surface area (TPSA) is 65.2 Å². The number of carbonyl (C=O) groups is 1. The zero-order chi connectivity index (χ0) is 20.6. The van der Waals surface area contributed by atoms with Crippen LogP contribution in [0.5, 0.6) is 0 Å². The molecule has 150 valence electrons. The molecule has 0 atom stereocenters. The normalized spacial score (nSPS) is 10.9. The third-order valence-electron chi connectivity index (χ3n) is 4.70. The summed E-state index contributed by atoms with van der Waals surface area (Å²) in [7, 11) is 0. The van der Waals surface area contributed by atoms with Crippen LogP contribution in [0.4, 0.5) is 0 Å². The summed E-state index contributed by atoms with van der Waals surface area (Å²) in [5.74, 6) is -0.422. The summed E-state index contributed by atoms with van der Waals surface area (Å²) < 4.78 is 0. The predicted molar refractivity (Wildman–Crippen MR) is 116 cm³/mol. The van der Waals surface area contributed by atoms with E-state index < -0.39 is 11.5 Å². The number of carbonyl (C=O) groups excluding carboxylic acids is 1. The number of benzene rings is 2. The zero-order valence-electron chi connectivity index (χ0n) is 16.3. The Morgan fingerprint density at radius 1 is 1.00 bits per heavy atom. The van der Waals surface area contributed by atoms with E-state index in [4.69, 9.17) is 11.6 Å².